The molecule has 1 aromatic rings. The molecule has 0 aliphatic carbocycles. The number of carbonyl (C=O) groups is 2. The van der Waals surface area contributed by atoms with Gasteiger partial charge in [-0.1, -0.05) is 23.2 Å². The summed E-state index contributed by atoms with van der Waals surface area (Å²) in [7, 11) is 0. The molecule has 24 heavy (non-hydrogen) atoms. The monoisotopic (exact) mass is 391 g/mol. The van der Waals surface area contributed by atoms with E-state index in [1.807, 2.05) is 0 Å². The minimum absolute atomic E-state index is 0.216. The molecule has 8 heteroatoms. The third-order valence-electron chi connectivity index (χ3n) is 3.80. The first-order valence-electron chi connectivity index (χ1n) is 7.61. The predicted molar refractivity (Wildman–Crippen MR) is 94.9 cm³/mol. The summed E-state index contributed by atoms with van der Waals surface area (Å²) in [5.41, 5.74) is 0. The number of halogens is 2. The number of aliphatic carboxylic acids is 1. The van der Waals surface area contributed by atoms with E-state index in [0.717, 1.165) is 12.8 Å². The van der Waals surface area contributed by atoms with Crippen LogP contribution in [0.1, 0.15) is 19.8 Å². The van der Waals surface area contributed by atoms with E-state index in [0.29, 0.717) is 28.2 Å². The molecule has 5 nitrogen and oxygen atoms in total. The first-order valence-corrected chi connectivity index (χ1v) is 9.24. The molecule has 0 radical (unpaired) electrons. The van der Waals surface area contributed by atoms with Crippen LogP contribution in [0.4, 0.5) is 0 Å². The van der Waals surface area contributed by atoms with E-state index < -0.39 is 17.3 Å². The molecule has 2 rings (SSSR count). The Morgan fingerprint density at radius 3 is 2.79 bits per heavy atom. The zero-order valence-electron chi connectivity index (χ0n) is 13.1. The highest BCUT2D eigenvalue weighted by Crippen LogP contribution is 2.32. The van der Waals surface area contributed by atoms with Crippen LogP contribution in [0.15, 0.2) is 23.1 Å². The molecule has 0 spiro atoms. The second-order valence-corrected chi connectivity index (χ2v) is 7.86. The zero-order valence-corrected chi connectivity index (χ0v) is 15.5. The number of carboxylic acid groups (broad SMARTS) is 1. The molecule has 0 bridgehead atoms. The maximum absolute atomic E-state index is 12.4. The fraction of sp³-hybridized carbons (Fsp3) is 0.500. The summed E-state index contributed by atoms with van der Waals surface area (Å²) >= 11 is 13.3. The Labute approximate surface area is 155 Å². The van der Waals surface area contributed by atoms with Gasteiger partial charge in [0.05, 0.1) is 16.9 Å². The summed E-state index contributed by atoms with van der Waals surface area (Å²) in [5, 5.41) is 12.6. The van der Waals surface area contributed by atoms with E-state index in [9.17, 15) is 14.7 Å². The minimum atomic E-state index is -1.04. The number of thioether (sulfide) groups is 1. The second kappa shape index (κ2) is 8.94. The van der Waals surface area contributed by atoms with Gasteiger partial charge in [0.15, 0.2) is 0 Å². The first kappa shape index (κ1) is 19.4. The molecule has 132 valence electrons. The summed E-state index contributed by atoms with van der Waals surface area (Å²) in [6, 6.07) is 4.07. The Hall–Kier alpha value is -0.950. The fourth-order valence-electron chi connectivity index (χ4n) is 2.49. The molecule has 1 saturated heterocycles. The minimum Gasteiger partial charge on any atom is -0.480 e. The maximum atomic E-state index is 12.4. The van der Waals surface area contributed by atoms with Crippen LogP contribution in [0.25, 0.3) is 0 Å². The van der Waals surface area contributed by atoms with Crippen molar-refractivity contribution in [3.8, 4) is 0 Å². The van der Waals surface area contributed by atoms with Gasteiger partial charge in [0.2, 0.25) is 5.91 Å². The van der Waals surface area contributed by atoms with E-state index in [-0.39, 0.29) is 11.8 Å². The highest BCUT2D eigenvalue weighted by molar-refractivity contribution is 8.00. The van der Waals surface area contributed by atoms with Crippen molar-refractivity contribution >= 4 is 46.8 Å². The van der Waals surface area contributed by atoms with Crippen LogP contribution in [0.2, 0.25) is 10.0 Å². The summed E-state index contributed by atoms with van der Waals surface area (Å²) < 4.78 is 5.33. The predicted octanol–water partition coefficient (Wildman–Crippen LogP) is 3.47. The molecule has 1 aliphatic rings. The highest BCUT2D eigenvalue weighted by Gasteiger charge is 2.32. The number of hydrogen-bond acceptors (Lipinski definition) is 4. The third kappa shape index (κ3) is 5.28. The molecule has 1 aromatic carbocycles. The first-order chi connectivity index (χ1) is 11.4. The van der Waals surface area contributed by atoms with E-state index in [2.05, 4.69) is 5.32 Å². The quantitative estimate of drug-likeness (QED) is 0.726. The molecule has 3 atom stereocenters. The molecule has 0 saturated carbocycles. The maximum Gasteiger partial charge on any atom is 0.326 e. The standard InChI is InChI=1S/C16H19Cl2NO4S/c1-9(24-13-7-11(17)4-5-12(13)18)15(20)19-14(16(21)22)10-3-2-6-23-8-10/h4-5,7,9-10,14H,2-3,6,8H2,1H3,(H,19,20)(H,21,22). The van der Waals surface area contributed by atoms with Gasteiger partial charge in [-0.25, -0.2) is 4.79 Å². The van der Waals surface area contributed by atoms with Crippen LogP contribution in [-0.4, -0.2) is 41.5 Å². The summed E-state index contributed by atoms with van der Waals surface area (Å²) in [5.74, 6) is -1.61. The largest absolute Gasteiger partial charge is 0.480 e. The molecule has 2 N–H and O–H groups in total. The van der Waals surface area contributed by atoms with Gasteiger partial charge in [-0.15, -0.1) is 11.8 Å². The fourth-order valence-corrected chi connectivity index (χ4v) is 3.91. The number of nitrogens with one attached hydrogen (secondary N) is 1. The third-order valence-corrected chi connectivity index (χ3v) is 5.63. The Morgan fingerprint density at radius 1 is 1.42 bits per heavy atom. The number of carbonyl (C=O) groups excluding carboxylic acids is 1. The lowest BCUT2D eigenvalue weighted by molar-refractivity contribution is -0.145. The lowest BCUT2D eigenvalue weighted by Crippen LogP contribution is -2.50. The van der Waals surface area contributed by atoms with Gasteiger partial charge < -0.3 is 15.2 Å². The zero-order chi connectivity index (χ0) is 17.7. The van der Waals surface area contributed by atoms with Gasteiger partial charge >= 0.3 is 5.97 Å². The van der Waals surface area contributed by atoms with Crippen LogP contribution in [0, 0.1) is 5.92 Å². The van der Waals surface area contributed by atoms with Gasteiger partial charge in [-0.05, 0) is 38.0 Å². The van der Waals surface area contributed by atoms with Crippen molar-refractivity contribution in [2.24, 2.45) is 5.92 Å². The Bertz CT molecular complexity index is 608. The number of carboxylic acids is 1. The number of hydrogen-bond donors (Lipinski definition) is 2. The molecule has 1 fully saturated rings. The Morgan fingerprint density at radius 2 is 2.17 bits per heavy atom. The van der Waals surface area contributed by atoms with E-state index in [4.69, 9.17) is 27.9 Å². The molecule has 3 unspecified atom stereocenters. The van der Waals surface area contributed by atoms with Crippen molar-refractivity contribution in [2.75, 3.05) is 13.2 Å². The highest BCUT2D eigenvalue weighted by atomic mass is 35.5. The van der Waals surface area contributed by atoms with Gasteiger partial charge in [-0.3, -0.25) is 4.79 Å². The van der Waals surface area contributed by atoms with Crippen molar-refractivity contribution in [3.05, 3.63) is 28.2 Å². The smallest absolute Gasteiger partial charge is 0.326 e. The summed E-state index contributed by atoms with van der Waals surface area (Å²) in [6.45, 7) is 2.68. The molecule has 0 aromatic heterocycles. The van der Waals surface area contributed by atoms with E-state index in [1.165, 1.54) is 11.8 Å². The van der Waals surface area contributed by atoms with Crippen LogP contribution in [0.5, 0.6) is 0 Å². The van der Waals surface area contributed by atoms with E-state index in [1.54, 1.807) is 25.1 Å². The molecule has 1 heterocycles. The number of ether oxygens (including phenoxy) is 1. The van der Waals surface area contributed by atoms with E-state index >= 15 is 0 Å². The molecule has 1 aliphatic heterocycles. The molecule has 1 amide bonds. The average Bonchev–Trinajstić information content (AvgIpc) is 2.56. The van der Waals surface area contributed by atoms with Crippen LogP contribution < -0.4 is 5.32 Å². The molecular formula is C16H19Cl2NO4S. The summed E-state index contributed by atoms with van der Waals surface area (Å²) in [6.07, 6.45) is 1.52. The van der Waals surface area contributed by atoms with Crippen LogP contribution in [-0.2, 0) is 14.3 Å². The second-order valence-electron chi connectivity index (χ2n) is 5.64. The van der Waals surface area contributed by atoms with Gasteiger partial charge in [0.1, 0.15) is 6.04 Å². The normalized spacial score (nSPS) is 20.2. The topological polar surface area (TPSA) is 75.6 Å². The van der Waals surface area contributed by atoms with Crippen molar-refractivity contribution in [1.29, 1.82) is 0 Å². The van der Waals surface area contributed by atoms with Crippen molar-refractivity contribution < 1.29 is 19.4 Å². The van der Waals surface area contributed by atoms with Crippen LogP contribution in [0.3, 0.4) is 0 Å². The Balaban J connectivity index is 2.00. The average molecular weight is 392 g/mol. The lowest BCUT2D eigenvalue weighted by atomic mass is 9.93. The number of amides is 1. The number of rotatable bonds is 6. The Kier molecular flexibility index (Phi) is 7.22. The van der Waals surface area contributed by atoms with Crippen molar-refractivity contribution in [3.63, 3.8) is 0 Å². The van der Waals surface area contributed by atoms with Crippen LogP contribution >= 0.6 is 35.0 Å². The van der Waals surface area contributed by atoms with Gasteiger partial charge in [0, 0.05) is 22.4 Å². The summed E-state index contributed by atoms with van der Waals surface area (Å²) in [4.78, 5) is 24.6. The van der Waals surface area contributed by atoms with Gasteiger partial charge in [-0.2, -0.15) is 0 Å². The molecular weight excluding hydrogens is 373 g/mol. The SMILES string of the molecule is CC(Sc1cc(Cl)ccc1Cl)C(=O)NC(C(=O)O)C1CCCOC1. The van der Waals surface area contributed by atoms with Crippen molar-refractivity contribution in [2.45, 2.75) is 36.0 Å². The van der Waals surface area contributed by atoms with Crippen molar-refractivity contribution in [1.82, 2.24) is 5.32 Å². The lowest BCUT2D eigenvalue weighted by Gasteiger charge is -2.28. The van der Waals surface area contributed by atoms with Gasteiger partial charge in [0.25, 0.3) is 0 Å². The number of benzene rings is 1.